The van der Waals surface area contributed by atoms with Gasteiger partial charge in [-0.2, -0.15) is 0 Å². The van der Waals surface area contributed by atoms with E-state index in [0.717, 1.165) is 19.3 Å². The van der Waals surface area contributed by atoms with Crippen molar-refractivity contribution in [1.29, 1.82) is 0 Å². The zero-order valence-corrected chi connectivity index (χ0v) is 16.5. The molecule has 8 nitrogen and oxygen atoms in total. The average molecular weight is 392 g/mol. The number of rotatable bonds is 4. The molecule has 146 valence electrons. The highest BCUT2D eigenvalue weighted by Gasteiger charge is 2.30. The van der Waals surface area contributed by atoms with Crippen LogP contribution in [0.5, 0.6) is 0 Å². The molecule has 0 radical (unpaired) electrons. The first-order chi connectivity index (χ1) is 12.7. The Balaban J connectivity index is 1.67. The number of nitro benzene ring substituents is 1. The van der Waals surface area contributed by atoms with Crippen LogP contribution in [-0.4, -0.2) is 49.8 Å². The third-order valence-electron chi connectivity index (χ3n) is 4.32. The second-order valence-corrected chi connectivity index (χ2v) is 8.64. The zero-order chi connectivity index (χ0) is 19.6. The Morgan fingerprint density at radius 2 is 2.22 bits per heavy atom. The van der Waals surface area contributed by atoms with Gasteiger partial charge in [0.1, 0.15) is 5.60 Å². The fourth-order valence-electron chi connectivity index (χ4n) is 3.07. The van der Waals surface area contributed by atoms with E-state index >= 15 is 0 Å². The maximum Gasteiger partial charge on any atom is 0.410 e. The highest BCUT2D eigenvalue weighted by atomic mass is 32.2. The van der Waals surface area contributed by atoms with Crippen molar-refractivity contribution in [2.75, 3.05) is 12.3 Å². The van der Waals surface area contributed by atoms with Gasteiger partial charge in [-0.15, -0.1) is 0 Å². The number of nitrogens with one attached hydrogen (secondary N) is 1. The largest absolute Gasteiger partial charge is 0.444 e. The van der Waals surface area contributed by atoms with Crippen LogP contribution in [0.2, 0.25) is 0 Å². The molecule has 0 bridgehead atoms. The number of carbonyl (C=O) groups is 1. The van der Waals surface area contributed by atoms with E-state index in [1.807, 2.05) is 25.7 Å². The zero-order valence-electron chi connectivity index (χ0n) is 15.7. The van der Waals surface area contributed by atoms with Gasteiger partial charge in [0, 0.05) is 30.5 Å². The molecule has 0 saturated carbocycles. The van der Waals surface area contributed by atoms with E-state index in [1.54, 1.807) is 6.07 Å². The number of aromatic nitrogens is 2. The lowest BCUT2D eigenvalue weighted by atomic mass is 10.0. The molecule has 9 heteroatoms. The average Bonchev–Trinajstić information content (AvgIpc) is 3.00. The second kappa shape index (κ2) is 7.75. The fourth-order valence-corrected chi connectivity index (χ4v) is 4.11. The van der Waals surface area contributed by atoms with Crippen molar-refractivity contribution in [2.24, 2.45) is 0 Å². The molecule has 1 atom stereocenters. The summed E-state index contributed by atoms with van der Waals surface area (Å²) in [5.41, 5.74) is 0.848. The van der Waals surface area contributed by atoms with E-state index in [1.165, 1.54) is 23.9 Å². The number of carbonyl (C=O) groups excluding carboxylic acids is 1. The molecular formula is C18H24N4O4S. The number of nitrogens with zero attached hydrogens (tertiary/aromatic N) is 3. The molecule has 3 rings (SSSR count). The van der Waals surface area contributed by atoms with Crippen molar-refractivity contribution in [1.82, 2.24) is 14.9 Å². The lowest BCUT2D eigenvalue weighted by Crippen LogP contribution is -2.47. The predicted molar refractivity (Wildman–Crippen MR) is 104 cm³/mol. The first kappa shape index (κ1) is 19.5. The van der Waals surface area contributed by atoms with Gasteiger partial charge < -0.3 is 14.6 Å². The number of thioether (sulfide) groups is 1. The number of piperidine rings is 1. The number of fused-ring (bicyclic) bond motifs is 1. The molecule has 1 aromatic heterocycles. The van der Waals surface area contributed by atoms with Crippen LogP contribution in [-0.2, 0) is 4.74 Å². The van der Waals surface area contributed by atoms with E-state index in [9.17, 15) is 14.9 Å². The SMILES string of the molecule is CC(C)(C)OC(=O)N1CCCC[C@H]1CSc1nc2ccc([N+](=O)[O-])cc2[nH]1. The Hall–Kier alpha value is -2.29. The number of ether oxygens (including phenoxy) is 1. The quantitative estimate of drug-likeness (QED) is 0.471. The molecule has 1 aromatic carbocycles. The van der Waals surface area contributed by atoms with Crippen LogP contribution in [0.3, 0.4) is 0 Å². The summed E-state index contributed by atoms with van der Waals surface area (Å²) < 4.78 is 5.53. The smallest absolute Gasteiger partial charge is 0.410 e. The Morgan fingerprint density at radius 3 is 2.93 bits per heavy atom. The number of likely N-dealkylation sites (tertiary alicyclic amines) is 1. The minimum atomic E-state index is -0.514. The van der Waals surface area contributed by atoms with Gasteiger partial charge >= 0.3 is 6.09 Å². The monoisotopic (exact) mass is 392 g/mol. The summed E-state index contributed by atoms with van der Waals surface area (Å²) in [5, 5.41) is 11.6. The first-order valence-electron chi connectivity index (χ1n) is 8.99. The number of aromatic amines is 1. The van der Waals surface area contributed by atoms with E-state index in [0.29, 0.717) is 28.5 Å². The normalized spacial score (nSPS) is 17.9. The fraction of sp³-hybridized carbons (Fsp3) is 0.556. The maximum atomic E-state index is 12.5. The molecule has 2 aromatic rings. The predicted octanol–water partition coefficient (Wildman–Crippen LogP) is 4.35. The molecule has 0 aliphatic carbocycles. The third-order valence-corrected chi connectivity index (χ3v) is 5.34. The van der Waals surface area contributed by atoms with Gasteiger partial charge in [-0.05, 0) is 46.1 Å². The molecule has 2 heterocycles. The summed E-state index contributed by atoms with van der Waals surface area (Å²) in [6.45, 7) is 6.30. The minimum Gasteiger partial charge on any atom is -0.444 e. The molecule has 0 unspecified atom stereocenters. The van der Waals surface area contributed by atoms with E-state index in [4.69, 9.17) is 4.74 Å². The Morgan fingerprint density at radius 1 is 1.44 bits per heavy atom. The van der Waals surface area contributed by atoms with Crippen molar-refractivity contribution in [2.45, 2.75) is 56.8 Å². The van der Waals surface area contributed by atoms with Gasteiger partial charge in [0.05, 0.1) is 16.0 Å². The van der Waals surface area contributed by atoms with Crippen LogP contribution >= 0.6 is 11.8 Å². The molecular weight excluding hydrogens is 368 g/mol. The number of hydrogen-bond donors (Lipinski definition) is 1. The van der Waals surface area contributed by atoms with Gasteiger partial charge in [0.2, 0.25) is 0 Å². The number of non-ortho nitro benzene ring substituents is 1. The Bertz CT molecular complexity index is 845. The molecule has 1 saturated heterocycles. The molecule has 1 aliphatic rings. The van der Waals surface area contributed by atoms with Crippen LogP contribution in [0, 0.1) is 10.1 Å². The van der Waals surface area contributed by atoms with Gasteiger partial charge in [-0.3, -0.25) is 10.1 Å². The van der Waals surface area contributed by atoms with Crippen molar-refractivity contribution in [3.05, 3.63) is 28.3 Å². The number of H-pyrrole nitrogens is 1. The van der Waals surface area contributed by atoms with Gasteiger partial charge in [-0.1, -0.05) is 11.8 Å². The van der Waals surface area contributed by atoms with Crippen molar-refractivity contribution in [3.63, 3.8) is 0 Å². The summed E-state index contributed by atoms with van der Waals surface area (Å²) in [5.74, 6) is 0.696. The first-order valence-corrected chi connectivity index (χ1v) is 9.98. The van der Waals surface area contributed by atoms with Crippen LogP contribution < -0.4 is 0 Å². The van der Waals surface area contributed by atoms with Gasteiger partial charge in [0.25, 0.3) is 5.69 Å². The topological polar surface area (TPSA) is 101 Å². The van der Waals surface area contributed by atoms with Crippen LogP contribution in [0.4, 0.5) is 10.5 Å². The molecule has 1 aliphatic heterocycles. The van der Waals surface area contributed by atoms with Crippen LogP contribution in [0.25, 0.3) is 11.0 Å². The lowest BCUT2D eigenvalue weighted by Gasteiger charge is -2.36. The number of amides is 1. The number of hydrogen-bond acceptors (Lipinski definition) is 6. The third kappa shape index (κ3) is 4.91. The van der Waals surface area contributed by atoms with E-state index in [-0.39, 0.29) is 17.8 Å². The van der Waals surface area contributed by atoms with Crippen molar-refractivity contribution < 1.29 is 14.5 Å². The molecule has 27 heavy (non-hydrogen) atoms. The maximum absolute atomic E-state index is 12.5. The summed E-state index contributed by atoms with van der Waals surface area (Å²) >= 11 is 1.52. The van der Waals surface area contributed by atoms with E-state index in [2.05, 4.69) is 9.97 Å². The van der Waals surface area contributed by atoms with Crippen LogP contribution in [0.1, 0.15) is 40.0 Å². The van der Waals surface area contributed by atoms with E-state index < -0.39 is 10.5 Å². The Labute approximate surface area is 161 Å². The highest BCUT2D eigenvalue weighted by molar-refractivity contribution is 7.99. The van der Waals surface area contributed by atoms with Crippen LogP contribution in [0.15, 0.2) is 23.4 Å². The number of imidazole rings is 1. The molecule has 1 N–H and O–H groups in total. The molecule has 1 amide bonds. The van der Waals surface area contributed by atoms with Crippen molar-refractivity contribution >= 4 is 34.6 Å². The standard InChI is InChI=1S/C18H24N4O4S/c1-18(2,3)26-17(23)21-9-5-4-6-13(21)11-27-16-19-14-8-7-12(22(24)25)10-15(14)20-16/h7-8,10,13H,4-6,9,11H2,1-3H3,(H,19,20)/t13-/m0/s1. The molecule has 0 spiro atoms. The summed E-state index contributed by atoms with van der Waals surface area (Å²) in [7, 11) is 0. The lowest BCUT2D eigenvalue weighted by molar-refractivity contribution is -0.384. The number of benzene rings is 1. The summed E-state index contributed by atoms with van der Waals surface area (Å²) in [6.07, 6.45) is 2.72. The van der Waals surface area contributed by atoms with Gasteiger partial charge in [-0.25, -0.2) is 9.78 Å². The number of nitro groups is 1. The van der Waals surface area contributed by atoms with Gasteiger partial charge in [0.15, 0.2) is 5.16 Å². The Kier molecular flexibility index (Phi) is 5.59. The summed E-state index contributed by atoms with van der Waals surface area (Å²) in [4.78, 5) is 32.4. The highest BCUT2D eigenvalue weighted by Crippen LogP contribution is 2.28. The second-order valence-electron chi connectivity index (χ2n) is 7.63. The summed E-state index contributed by atoms with van der Waals surface area (Å²) in [6, 6.07) is 4.66. The minimum absolute atomic E-state index is 0.0334. The molecule has 1 fully saturated rings. The van der Waals surface area contributed by atoms with Crippen molar-refractivity contribution in [3.8, 4) is 0 Å².